The van der Waals surface area contributed by atoms with Crippen LogP contribution in [-0.2, 0) is 0 Å². The molecule has 9 rings (SSSR count). The summed E-state index contributed by atoms with van der Waals surface area (Å²) in [4.78, 5) is 0. The van der Waals surface area contributed by atoms with Crippen molar-refractivity contribution < 1.29 is 0 Å². The van der Waals surface area contributed by atoms with E-state index >= 15 is 0 Å². The van der Waals surface area contributed by atoms with Gasteiger partial charge >= 0.3 is 0 Å². The van der Waals surface area contributed by atoms with E-state index in [4.69, 9.17) is 0 Å². The van der Waals surface area contributed by atoms with Gasteiger partial charge < -0.3 is 0 Å². The first-order chi connectivity index (χ1) is 23.8. The molecule has 0 heteroatoms. The molecule has 0 aliphatic heterocycles. The van der Waals surface area contributed by atoms with Gasteiger partial charge in [-0.15, -0.1) is 0 Å². The molecule has 0 aliphatic rings. The Balaban J connectivity index is 1.03. The third-order valence-electron chi connectivity index (χ3n) is 9.66. The quantitative estimate of drug-likeness (QED) is 0.182. The predicted molar refractivity (Wildman–Crippen MR) is 206 cm³/mol. The van der Waals surface area contributed by atoms with E-state index in [0.29, 0.717) is 0 Å². The lowest BCUT2D eigenvalue weighted by Crippen LogP contribution is -1.87. The van der Waals surface area contributed by atoms with Crippen LogP contribution >= 0.6 is 0 Å². The number of benzene rings is 9. The summed E-state index contributed by atoms with van der Waals surface area (Å²) >= 11 is 0. The van der Waals surface area contributed by atoms with Crippen LogP contribution in [-0.4, -0.2) is 0 Å². The second-order valence-corrected chi connectivity index (χ2v) is 12.6. The molecule has 0 aromatic heterocycles. The van der Waals surface area contributed by atoms with Gasteiger partial charge in [-0.1, -0.05) is 170 Å². The maximum atomic E-state index is 2.33. The lowest BCUT2D eigenvalue weighted by Gasteiger charge is -2.13. The maximum absolute atomic E-state index is 2.33. The van der Waals surface area contributed by atoms with Crippen molar-refractivity contribution in [1.29, 1.82) is 0 Å². The van der Waals surface area contributed by atoms with Crippen molar-refractivity contribution in [2.75, 3.05) is 0 Å². The molecule has 0 radical (unpaired) electrons. The zero-order valence-corrected chi connectivity index (χ0v) is 26.5. The van der Waals surface area contributed by atoms with Crippen molar-refractivity contribution in [3.63, 3.8) is 0 Å². The van der Waals surface area contributed by atoms with Crippen LogP contribution in [0.4, 0.5) is 0 Å². The Hall–Kier alpha value is -6.24. The largest absolute Gasteiger partial charge is 0.0622 e. The molecule has 48 heavy (non-hydrogen) atoms. The van der Waals surface area contributed by atoms with Crippen LogP contribution in [0.2, 0.25) is 0 Å². The van der Waals surface area contributed by atoms with Gasteiger partial charge in [-0.3, -0.25) is 0 Å². The predicted octanol–water partition coefficient (Wildman–Crippen LogP) is 13.5. The van der Waals surface area contributed by atoms with Crippen molar-refractivity contribution >= 4 is 32.3 Å². The molecule has 0 amide bonds. The van der Waals surface area contributed by atoms with Gasteiger partial charge in [0.15, 0.2) is 0 Å². The monoisotopic (exact) mass is 608 g/mol. The molecular weight excluding hydrogens is 577 g/mol. The van der Waals surface area contributed by atoms with E-state index in [1.54, 1.807) is 0 Å². The van der Waals surface area contributed by atoms with E-state index in [2.05, 4.69) is 194 Å². The van der Waals surface area contributed by atoms with Gasteiger partial charge in [0.1, 0.15) is 0 Å². The van der Waals surface area contributed by atoms with Crippen molar-refractivity contribution in [1.82, 2.24) is 0 Å². The van der Waals surface area contributed by atoms with E-state index in [1.807, 2.05) is 0 Å². The second kappa shape index (κ2) is 11.8. The molecule has 224 valence electrons. The van der Waals surface area contributed by atoms with Crippen molar-refractivity contribution in [2.45, 2.75) is 0 Å². The third-order valence-corrected chi connectivity index (χ3v) is 9.66. The number of rotatable bonds is 5. The Morgan fingerprint density at radius 1 is 0.188 bits per heavy atom. The minimum atomic E-state index is 1.22. The van der Waals surface area contributed by atoms with Gasteiger partial charge in [-0.25, -0.2) is 0 Å². The van der Waals surface area contributed by atoms with Gasteiger partial charge in [-0.05, 0) is 112 Å². The van der Waals surface area contributed by atoms with Crippen molar-refractivity contribution in [2.24, 2.45) is 0 Å². The zero-order chi connectivity index (χ0) is 31.9. The van der Waals surface area contributed by atoms with Gasteiger partial charge in [0.2, 0.25) is 0 Å². The molecule has 9 aromatic rings. The van der Waals surface area contributed by atoms with Gasteiger partial charge in [0.25, 0.3) is 0 Å². The average molecular weight is 609 g/mol. The summed E-state index contributed by atoms with van der Waals surface area (Å²) in [5.41, 5.74) is 12.4. The average Bonchev–Trinajstić information content (AvgIpc) is 3.17. The number of hydrogen-bond donors (Lipinski definition) is 0. The molecule has 0 nitrogen and oxygen atoms in total. The van der Waals surface area contributed by atoms with Crippen molar-refractivity contribution in [3.8, 4) is 55.6 Å². The Labute approximate surface area is 281 Å². The molecule has 0 atom stereocenters. The van der Waals surface area contributed by atoms with E-state index in [0.717, 1.165) is 0 Å². The fourth-order valence-corrected chi connectivity index (χ4v) is 7.11. The molecule has 9 aromatic carbocycles. The van der Waals surface area contributed by atoms with Gasteiger partial charge in [0.05, 0.1) is 0 Å². The summed E-state index contributed by atoms with van der Waals surface area (Å²) in [6.45, 7) is 0. The fourth-order valence-electron chi connectivity index (χ4n) is 7.11. The summed E-state index contributed by atoms with van der Waals surface area (Å²) in [5, 5.41) is 7.55. The molecule has 0 unspecified atom stereocenters. The summed E-state index contributed by atoms with van der Waals surface area (Å²) in [5.74, 6) is 0. The molecular formula is C48H32. The SMILES string of the molecule is c1ccc(-c2ccc3cc(-c4ccc(-c5cccc6c(-c7ccc8cc(-c9ccccc9)ccc8c7)cccc56)cc4)ccc3c2)cc1. The summed E-state index contributed by atoms with van der Waals surface area (Å²) in [6, 6.07) is 70.7. The van der Waals surface area contributed by atoms with Gasteiger partial charge in [-0.2, -0.15) is 0 Å². The summed E-state index contributed by atoms with van der Waals surface area (Å²) in [7, 11) is 0. The first-order valence-corrected chi connectivity index (χ1v) is 16.6. The first kappa shape index (κ1) is 28.0. The summed E-state index contributed by atoms with van der Waals surface area (Å²) in [6.07, 6.45) is 0. The van der Waals surface area contributed by atoms with Crippen LogP contribution in [0.25, 0.3) is 88.0 Å². The molecule has 0 bridgehead atoms. The highest BCUT2D eigenvalue weighted by Gasteiger charge is 2.11. The lowest BCUT2D eigenvalue weighted by molar-refractivity contribution is 1.61. The Morgan fingerprint density at radius 3 is 0.979 bits per heavy atom. The summed E-state index contributed by atoms with van der Waals surface area (Å²) < 4.78 is 0. The smallest absolute Gasteiger partial charge is 0.00992 e. The van der Waals surface area contributed by atoms with E-state index in [1.165, 1.54) is 88.0 Å². The maximum Gasteiger partial charge on any atom is -0.00992 e. The highest BCUT2D eigenvalue weighted by molar-refractivity contribution is 6.05. The van der Waals surface area contributed by atoms with Crippen LogP contribution < -0.4 is 0 Å². The molecule has 0 saturated heterocycles. The van der Waals surface area contributed by atoms with Crippen LogP contribution in [0.15, 0.2) is 194 Å². The topological polar surface area (TPSA) is 0 Å². The van der Waals surface area contributed by atoms with Gasteiger partial charge in [0, 0.05) is 0 Å². The van der Waals surface area contributed by atoms with E-state index < -0.39 is 0 Å². The minimum absolute atomic E-state index is 1.22. The second-order valence-electron chi connectivity index (χ2n) is 12.6. The van der Waals surface area contributed by atoms with Crippen LogP contribution in [0.3, 0.4) is 0 Å². The minimum Gasteiger partial charge on any atom is -0.0622 e. The van der Waals surface area contributed by atoms with Crippen LogP contribution in [0.1, 0.15) is 0 Å². The van der Waals surface area contributed by atoms with Crippen LogP contribution in [0, 0.1) is 0 Å². The molecule has 0 heterocycles. The standard InChI is InChI=1S/C48H32/c1-3-9-33(10-4-1)37-21-24-41-31-39(23-25-40(41)29-37)35-17-19-36(20-18-35)45-13-7-16-48-46(14-8-15-47(45)48)44-28-27-42-30-38(22-26-43(42)32-44)34-11-5-2-6-12-34/h1-32H. The molecule has 0 aliphatic carbocycles. The highest BCUT2D eigenvalue weighted by Crippen LogP contribution is 2.37. The van der Waals surface area contributed by atoms with Crippen LogP contribution in [0.5, 0.6) is 0 Å². The zero-order valence-electron chi connectivity index (χ0n) is 26.5. The molecule has 0 spiro atoms. The highest BCUT2D eigenvalue weighted by atomic mass is 14.1. The Kier molecular flexibility index (Phi) is 6.91. The van der Waals surface area contributed by atoms with E-state index in [9.17, 15) is 0 Å². The molecule has 0 N–H and O–H groups in total. The number of fused-ring (bicyclic) bond motifs is 3. The lowest BCUT2D eigenvalue weighted by atomic mass is 9.91. The normalized spacial score (nSPS) is 11.3. The van der Waals surface area contributed by atoms with Crippen molar-refractivity contribution in [3.05, 3.63) is 194 Å². The fraction of sp³-hybridized carbons (Fsp3) is 0. The molecule has 0 fully saturated rings. The third kappa shape index (κ3) is 5.14. The Morgan fingerprint density at radius 2 is 0.521 bits per heavy atom. The van der Waals surface area contributed by atoms with E-state index in [-0.39, 0.29) is 0 Å². The first-order valence-electron chi connectivity index (χ1n) is 16.6. The number of hydrogen-bond acceptors (Lipinski definition) is 0. The Bertz CT molecular complexity index is 2580. The molecule has 0 saturated carbocycles.